The highest BCUT2D eigenvalue weighted by atomic mass is 32.1. The van der Waals surface area contributed by atoms with Crippen LogP contribution in [0.1, 0.15) is 5.56 Å². The minimum atomic E-state index is 0. The number of benzene rings is 9. The van der Waals surface area contributed by atoms with E-state index < -0.39 is 0 Å². The number of thiophene rings is 2. The fourth-order valence-corrected chi connectivity index (χ4v) is 11.9. The van der Waals surface area contributed by atoms with Crippen LogP contribution in [0.5, 0.6) is 11.5 Å². The highest BCUT2D eigenvalue weighted by molar-refractivity contribution is 7.26. The van der Waals surface area contributed by atoms with Gasteiger partial charge < -0.3 is 21.6 Å². The first-order valence-electron chi connectivity index (χ1n) is 20.7. The monoisotopic (exact) mass is 853 g/mol. The number of hydrogen-bond acceptors (Lipinski definition) is 5. The number of para-hydroxylation sites is 6. The molecule has 12 aromatic rings. The van der Waals surface area contributed by atoms with Gasteiger partial charge in [0.1, 0.15) is 0 Å². The van der Waals surface area contributed by atoms with Crippen LogP contribution in [0.15, 0.2) is 182 Å². The van der Waals surface area contributed by atoms with Crippen LogP contribution in [0.25, 0.3) is 94.9 Å². The molecule has 1 aliphatic rings. The predicted molar refractivity (Wildman–Crippen MR) is 270 cm³/mol. The Kier molecular flexibility index (Phi) is 8.47. The Morgan fingerprint density at radius 3 is 1.52 bits per heavy atom. The minimum absolute atomic E-state index is 0. The Bertz CT molecular complexity index is 3910. The molecule has 0 aliphatic carbocycles. The standard InChI is InChI=1S/C56H30N4OS2.CH3/c1-58-46-31-45(34-19-23-41-42-24-20-36(29-55(42)63-54(41)28-34)59-47-12-4-2-10-38(47)39-11-3-5-13-48(39)59)44(26-35(46)32-57)33-18-22-40-43-25-21-37(30-56(43)62-53(40)27-33)60-49-14-6-8-16-51(49)61-52-17-9-7-15-50(52)60;/h2-31H;1H3/q;-1. The fourth-order valence-electron chi connectivity index (χ4n) is 9.58. The van der Waals surface area contributed by atoms with Crippen LogP contribution in [-0.4, -0.2) is 4.57 Å². The lowest BCUT2D eigenvalue weighted by Crippen LogP contribution is -2.15. The SMILES string of the molecule is [C-]#[N+]c1cc(-c2ccc3c(c2)sc2cc(-n4c5ccccc5c5ccccc54)ccc23)c(-c2ccc3c(c2)sc2cc(N4c5ccccc5Oc5ccccc54)ccc23)cc1C#N.[CH3-]. The van der Waals surface area contributed by atoms with Crippen molar-refractivity contribution in [2.75, 3.05) is 4.90 Å². The zero-order valence-electron chi connectivity index (χ0n) is 34.3. The number of aromatic nitrogens is 1. The minimum Gasteiger partial charge on any atom is -0.453 e. The molecule has 0 unspecified atom stereocenters. The largest absolute Gasteiger partial charge is 0.453 e. The van der Waals surface area contributed by atoms with E-state index in [4.69, 9.17) is 11.3 Å². The first-order valence-corrected chi connectivity index (χ1v) is 22.3. The Labute approximate surface area is 376 Å². The van der Waals surface area contributed by atoms with Crippen molar-refractivity contribution in [3.05, 3.63) is 206 Å². The van der Waals surface area contributed by atoms with Crippen molar-refractivity contribution in [1.29, 1.82) is 5.26 Å². The van der Waals surface area contributed by atoms with Gasteiger partial charge in [0.15, 0.2) is 11.5 Å². The van der Waals surface area contributed by atoms with Gasteiger partial charge in [-0.3, -0.25) is 0 Å². The smallest absolute Gasteiger partial charge is 0.205 e. The number of nitrogens with zero attached hydrogens (tertiary/aromatic N) is 4. The molecule has 5 nitrogen and oxygen atoms in total. The molecule has 64 heavy (non-hydrogen) atoms. The second kappa shape index (κ2) is 14.4. The second-order valence-corrected chi connectivity index (χ2v) is 18.0. The summed E-state index contributed by atoms with van der Waals surface area (Å²) in [6.07, 6.45) is 0. The van der Waals surface area contributed by atoms with Crippen molar-refractivity contribution in [2.45, 2.75) is 0 Å². The first-order chi connectivity index (χ1) is 31.1. The van der Waals surface area contributed by atoms with E-state index in [1.165, 1.54) is 57.5 Å². The zero-order valence-corrected chi connectivity index (χ0v) is 36.0. The summed E-state index contributed by atoms with van der Waals surface area (Å²) in [5, 5.41) is 17.5. The van der Waals surface area contributed by atoms with E-state index in [2.05, 4.69) is 154 Å². The molecule has 0 spiro atoms. The van der Waals surface area contributed by atoms with E-state index in [0.29, 0.717) is 11.3 Å². The van der Waals surface area contributed by atoms with Crippen LogP contribution < -0.4 is 9.64 Å². The summed E-state index contributed by atoms with van der Waals surface area (Å²) in [6, 6.07) is 66.3. The van der Waals surface area contributed by atoms with Gasteiger partial charge in [-0.2, -0.15) is 5.26 Å². The topological polar surface area (TPSA) is 45.5 Å². The molecule has 0 saturated heterocycles. The average molecular weight is 854 g/mol. The molecule has 300 valence electrons. The third kappa shape index (κ3) is 5.59. The zero-order chi connectivity index (χ0) is 41.8. The number of ether oxygens (including phenoxy) is 1. The fraction of sp³-hybridized carbons (Fsp3) is 0. The molecular formula is C57H33N4OS2-. The molecule has 0 saturated carbocycles. The lowest BCUT2D eigenvalue weighted by molar-refractivity contribution is 0.477. The predicted octanol–water partition coefficient (Wildman–Crippen LogP) is 17.3. The van der Waals surface area contributed by atoms with Crippen LogP contribution in [-0.2, 0) is 0 Å². The highest BCUT2D eigenvalue weighted by Crippen LogP contribution is 2.51. The van der Waals surface area contributed by atoms with Crippen LogP contribution in [0.2, 0.25) is 0 Å². The van der Waals surface area contributed by atoms with Gasteiger partial charge in [-0.15, -0.1) is 22.7 Å². The maximum absolute atomic E-state index is 10.2. The van der Waals surface area contributed by atoms with Crippen molar-refractivity contribution >= 4 is 108 Å². The number of hydrogen-bond donors (Lipinski definition) is 0. The summed E-state index contributed by atoms with van der Waals surface area (Å²) in [5.74, 6) is 1.65. The molecule has 0 amide bonds. The van der Waals surface area contributed by atoms with Gasteiger partial charge in [0.2, 0.25) is 5.69 Å². The van der Waals surface area contributed by atoms with Crippen molar-refractivity contribution in [2.24, 2.45) is 0 Å². The molecule has 0 bridgehead atoms. The highest BCUT2D eigenvalue weighted by Gasteiger charge is 2.26. The van der Waals surface area contributed by atoms with E-state index in [9.17, 15) is 5.26 Å². The number of rotatable bonds is 4. The number of fused-ring (bicyclic) bond motifs is 11. The van der Waals surface area contributed by atoms with Gasteiger partial charge in [-0.1, -0.05) is 97.1 Å². The lowest BCUT2D eigenvalue weighted by atomic mass is 9.91. The average Bonchev–Trinajstić information content (AvgIpc) is 4.01. The van der Waals surface area contributed by atoms with E-state index in [-0.39, 0.29) is 7.43 Å². The van der Waals surface area contributed by atoms with Gasteiger partial charge in [0, 0.05) is 62.5 Å². The van der Waals surface area contributed by atoms with Gasteiger partial charge in [-0.25, -0.2) is 4.85 Å². The maximum Gasteiger partial charge on any atom is 0.205 e. The number of anilines is 3. The molecule has 1 aliphatic heterocycles. The summed E-state index contributed by atoms with van der Waals surface area (Å²) < 4.78 is 13.4. The Morgan fingerprint density at radius 1 is 0.484 bits per heavy atom. The quantitative estimate of drug-likeness (QED) is 0.166. The van der Waals surface area contributed by atoms with E-state index in [1.54, 1.807) is 22.7 Å². The molecule has 0 radical (unpaired) electrons. The van der Waals surface area contributed by atoms with Gasteiger partial charge in [0.05, 0.1) is 40.6 Å². The molecule has 0 atom stereocenters. The summed E-state index contributed by atoms with van der Waals surface area (Å²) in [5.41, 5.74) is 11.2. The van der Waals surface area contributed by atoms with Crippen molar-refractivity contribution in [3.63, 3.8) is 0 Å². The van der Waals surface area contributed by atoms with E-state index in [0.717, 1.165) is 61.2 Å². The number of nitriles is 1. The van der Waals surface area contributed by atoms with Crippen LogP contribution in [0.4, 0.5) is 22.7 Å². The van der Waals surface area contributed by atoms with Crippen molar-refractivity contribution in [1.82, 2.24) is 4.57 Å². The van der Waals surface area contributed by atoms with Crippen LogP contribution in [0.3, 0.4) is 0 Å². The molecule has 0 fully saturated rings. The van der Waals surface area contributed by atoms with E-state index in [1.807, 2.05) is 48.5 Å². The molecular weight excluding hydrogens is 821 g/mol. The van der Waals surface area contributed by atoms with Gasteiger partial charge >= 0.3 is 0 Å². The molecule has 3 aromatic heterocycles. The third-order valence-electron chi connectivity index (χ3n) is 12.4. The summed E-state index contributed by atoms with van der Waals surface area (Å²) in [7, 11) is 0. The van der Waals surface area contributed by atoms with Crippen LogP contribution in [0, 0.1) is 25.3 Å². The van der Waals surface area contributed by atoms with E-state index >= 15 is 0 Å². The summed E-state index contributed by atoms with van der Waals surface area (Å²) in [6.45, 7) is 8.01. The Morgan fingerprint density at radius 2 is 0.953 bits per heavy atom. The second-order valence-electron chi connectivity index (χ2n) is 15.9. The van der Waals surface area contributed by atoms with Crippen molar-refractivity contribution < 1.29 is 4.74 Å². The third-order valence-corrected chi connectivity index (χ3v) is 14.7. The molecule has 7 heteroatoms. The van der Waals surface area contributed by atoms with Crippen LogP contribution >= 0.6 is 22.7 Å². The van der Waals surface area contributed by atoms with Gasteiger partial charge in [-0.05, 0) is 107 Å². The molecule has 4 heterocycles. The van der Waals surface area contributed by atoms with Crippen molar-refractivity contribution in [3.8, 4) is 45.5 Å². The molecule has 0 N–H and O–H groups in total. The first kappa shape index (κ1) is 37.6. The molecule has 9 aromatic carbocycles. The Balaban J connectivity index is 0.00000433. The maximum atomic E-state index is 10.2. The summed E-state index contributed by atoms with van der Waals surface area (Å²) in [4.78, 5) is 6.08. The normalized spacial score (nSPS) is 12.0. The van der Waals surface area contributed by atoms with Gasteiger partial charge in [0.25, 0.3) is 0 Å². The molecule has 13 rings (SSSR count). The summed E-state index contributed by atoms with van der Waals surface area (Å²) >= 11 is 3.55. The lowest BCUT2D eigenvalue weighted by Gasteiger charge is -2.32. The Hall–Kier alpha value is -8.20.